The summed E-state index contributed by atoms with van der Waals surface area (Å²) in [5.41, 5.74) is 5.13. The maximum Gasteiger partial charge on any atom is 0.416 e. The Morgan fingerprint density at radius 3 is 2.49 bits per heavy atom. The molecule has 2 aromatic heterocycles. The highest BCUT2D eigenvalue weighted by molar-refractivity contribution is 7.62. The van der Waals surface area contributed by atoms with Crippen LogP contribution in [-0.4, -0.2) is 60.5 Å². The summed E-state index contributed by atoms with van der Waals surface area (Å²) in [7, 11) is 1.27. The average Bonchev–Trinajstić information content (AvgIpc) is 2.90. The van der Waals surface area contributed by atoms with E-state index in [1.54, 1.807) is 30.6 Å². The van der Waals surface area contributed by atoms with E-state index in [4.69, 9.17) is 11.6 Å². The fourth-order valence-corrected chi connectivity index (χ4v) is 4.90. The van der Waals surface area contributed by atoms with Crippen LogP contribution in [-0.2, 0) is 16.7 Å². The highest BCUT2D eigenvalue weighted by atomic mass is 35.5. The standard InChI is InChI=1S/C24H26ClF3N6.CH2N2O3S/c1-34(2)21-11-16(15-4-3-5-17(10-15)24(26,27)28)6-7-20(21)33-23-19(25)12-18(13-30-23)32-22-8-9-29-14-31-22;2-1(4)3-7(5)6/h3-5,8-10,12-14,16,20-21H,6-7,11H2,1-2H3,(H,30,33)(H,29,31,32);(H2,2,4)/t16-,20-,21-;/m0./s1. The first kappa shape index (κ1) is 31.7. The summed E-state index contributed by atoms with van der Waals surface area (Å²) in [6.07, 6.45) is 2.71. The van der Waals surface area contributed by atoms with E-state index in [1.807, 2.05) is 14.1 Å². The topological polar surface area (TPSA) is 156 Å². The number of rotatable bonds is 6. The molecule has 1 aromatic carbocycles. The molecule has 0 aliphatic heterocycles. The minimum atomic E-state index is -4.34. The number of nitrogens with one attached hydrogen (secondary N) is 2. The van der Waals surface area contributed by atoms with E-state index in [0.717, 1.165) is 30.9 Å². The van der Waals surface area contributed by atoms with Gasteiger partial charge in [-0.25, -0.2) is 19.7 Å². The second-order valence-electron chi connectivity index (χ2n) is 9.34. The summed E-state index contributed by atoms with van der Waals surface area (Å²) < 4.78 is 60.6. The number of aromatic nitrogens is 3. The van der Waals surface area contributed by atoms with Gasteiger partial charge in [-0.2, -0.15) is 21.6 Å². The molecule has 0 saturated heterocycles. The van der Waals surface area contributed by atoms with Crippen molar-refractivity contribution < 1.29 is 26.4 Å². The third-order valence-electron chi connectivity index (χ3n) is 6.35. The zero-order chi connectivity index (χ0) is 30.2. The summed E-state index contributed by atoms with van der Waals surface area (Å²) in [5.74, 6) is 1.26. The second kappa shape index (κ2) is 14.2. The lowest BCUT2D eigenvalue weighted by molar-refractivity contribution is -0.137. The maximum atomic E-state index is 13.2. The number of nitrogens with two attached hydrogens (primary N) is 1. The molecule has 1 aliphatic rings. The van der Waals surface area contributed by atoms with E-state index in [-0.39, 0.29) is 18.0 Å². The number of halogens is 4. The molecule has 0 spiro atoms. The van der Waals surface area contributed by atoms with E-state index in [1.165, 1.54) is 18.5 Å². The number of hydrogen-bond donors (Lipinski definition) is 3. The van der Waals surface area contributed by atoms with Crippen LogP contribution in [0.4, 0.5) is 35.3 Å². The number of hydrogen-bond acceptors (Lipinski definition) is 9. The van der Waals surface area contributed by atoms with Gasteiger partial charge in [0.25, 0.3) is 0 Å². The smallest absolute Gasteiger partial charge is 0.365 e. The van der Waals surface area contributed by atoms with E-state index in [2.05, 4.69) is 40.6 Å². The molecule has 0 radical (unpaired) electrons. The Morgan fingerprint density at radius 1 is 1.17 bits per heavy atom. The number of carbonyl (C=O) groups is 1. The fraction of sp³-hybridized carbons (Fsp3) is 0.360. The van der Waals surface area contributed by atoms with Crippen molar-refractivity contribution in [2.45, 2.75) is 43.4 Å². The molecule has 2 heterocycles. The molecule has 3 atom stereocenters. The van der Waals surface area contributed by atoms with Crippen LogP contribution in [0.25, 0.3) is 0 Å². The summed E-state index contributed by atoms with van der Waals surface area (Å²) in [6.45, 7) is 0. The van der Waals surface area contributed by atoms with Gasteiger partial charge in [-0.3, -0.25) is 0 Å². The number of primary amides is 1. The second-order valence-corrected chi connectivity index (χ2v) is 10.4. The van der Waals surface area contributed by atoms with Gasteiger partial charge in [-0.1, -0.05) is 34.2 Å². The predicted octanol–water partition coefficient (Wildman–Crippen LogP) is 5.09. The van der Waals surface area contributed by atoms with Crippen LogP contribution in [0, 0.1) is 0 Å². The zero-order valence-corrected chi connectivity index (χ0v) is 23.6. The lowest BCUT2D eigenvalue weighted by Gasteiger charge is -2.40. The molecule has 4 rings (SSSR count). The molecular weight excluding hydrogens is 585 g/mol. The minimum Gasteiger partial charge on any atom is -0.365 e. The van der Waals surface area contributed by atoms with E-state index >= 15 is 0 Å². The SMILES string of the molecule is CN(C)[C@H]1C[C@@H](c2cccc(C(F)(F)F)c2)CC[C@@H]1Nc1ncc(Nc2ccncn2)cc1Cl.NC(=O)N=S(=O)=O. The molecule has 4 N–H and O–H groups in total. The molecule has 41 heavy (non-hydrogen) atoms. The van der Waals surface area contributed by atoms with Gasteiger partial charge < -0.3 is 21.3 Å². The fourth-order valence-electron chi connectivity index (χ4n) is 4.53. The first-order valence-electron chi connectivity index (χ1n) is 12.2. The number of pyridine rings is 1. The first-order chi connectivity index (χ1) is 19.3. The Morgan fingerprint density at radius 2 is 1.93 bits per heavy atom. The quantitative estimate of drug-likeness (QED) is 0.345. The number of benzene rings is 1. The molecule has 16 heteroatoms. The number of likely N-dealkylation sites (N-methyl/N-ethyl adjacent to an activating group) is 1. The van der Waals surface area contributed by atoms with Crippen molar-refractivity contribution in [2.24, 2.45) is 10.1 Å². The molecule has 0 unspecified atom stereocenters. The number of alkyl halides is 3. The lowest BCUT2D eigenvalue weighted by atomic mass is 9.78. The highest BCUT2D eigenvalue weighted by Crippen LogP contribution is 2.39. The van der Waals surface area contributed by atoms with Crippen LogP contribution in [0.2, 0.25) is 5.02 Å². The zero-order valence-electron chi connectivity index (χ0n) is 22.0. The van der Waals surface area contributed by atoms with Crippen LogP contribution < -0.4 is 16.4 Å². The van der Waals surface area contributed by atoms with Crippen molar-refractivity contribution in [3.63, 3.8) is 0 Å². The van der Waals surface area contributed by atoms with Crippen LogP contribution in [0.15, 0.2) is 59.5 Å². The maximum absolute atomic E-state index is 13.2. The van der Waals surface area contributed by atoms with Crippen LogP contribution >= 0.6 is 11.6 Å². The number of urea groups is 1. The number of carbonyl (C=O) groups excluding carboxylic acids is 1. The number of anilines is 3. The van der Waals surface area contributed by atoms with Gasteiger partial charge in [0.05, 0.1) is 22.5 Å². The summed E-state index contributed by atoms with van der Waals surface area (Å²) in [4.78, 5) is 24.1. The average molecular weight is 613 g/mol. The molecule has 0 bridgehead atoms. The van der Waals surface area contributed by atoms with Gasteiger partial charge in [-0.15, -0.1) is 0 Å². The Labute approximate surface area is 241 Å². The molecule has 11 nitrogen and oxygen atoms in total. The molecular formula is C25H28ClF3N8O3S. The van der Waals surface area contributed by atoms with Gasteiger partial charge in [-0.05, 0) is 63.0 Å². The summed E-state index contributed by atoms with van der Waals surface area (Å²) in [5, 5.41) is 7.06. The van der Waals surface area contributed by atoms with Gasteiger partial charge in [0.15, 0.2) is 0 Å². The van der Waals surface area contributed by atoms with E-state index in [0.29, 0.717) is 22.3 Å². The van der Waals surface area contributed by atoms with Crippen molar-refractivity contribution in [1.29, 1.82) is 0 Å². The van der Waals surface area contributed by atoms with Crippen LogP contribution in [0.3, 0.4) is 0 Å². The van der Waals surface area contributed by atoms with E-state index in [9.17, 15) is 26.4 Å². The predicted molar refractivity (Wildman–Crippen MR) is 148 cm³/mol. The lowest BCUT2D eigenvalue weighted by Crippen LogP contribution is -2.47. The monoisotopic (exact) mass is 612 g/mol. The molecule has 1 fully saturated rings. The molecule has 2 amide bonds. The largest absolute Gasteiger partial charge is 0.416 e. The van der Waals surface area contributed by atoms with Crippen LogP contribution in [0.5, 0.6) is 0 Å². The molecule has 1 saturated carbocycles. The molecule has 3 aromatic rings. The van der Waals surface area contributed by atoms with Gasteiger partial charge in [0.1, 0.15) is 18.0 Å². The number of amides is 2. The Kier molecular flexibility index (Phi) is 11.0. The van der Waals surface area contributed by atoms with Crippen molar-refractivity contribution in [2.75, 3.05) is 24.7 Å². The number of nitrogens with zero attached hydrogens (tertiary/aromatic N) is 5. The van der Waals surface area contributed by atoms with Gasteiger partial charge >= 0.3 is 22.7 Å². The van der Waals surface area contributed by atoms with Crippen LogP contribution in [0.1, 0.15) is 36.3 Å². The van der Waals surface area contributed by atoms with Crippen molar-refractivity contribution in [3.05, 3.63) is 71.3 Å². The molecule has 1 aliphatic carbocycles. The van der Waals surface area contributed by atoms with Gasteiger partial charge in [0, 0.05) is 18.3 Å². The van der Waals surface area contributed by atoms with Gasteiger partial charge in [0.2, 0.25) is 0 Å². The normalized spacial score (nSPS) is 18.6. The van der Waals surface area contributed by atoms with Crippen molar-refractivity contribution >= 4 is 45.5 Å². The van der Waals surface area contributed by atoms with Crippen molar-refractivity contribution in [1.82, 2.24) is 19.9 Å². The minimum absolute atomic E-state index is 0.0515. The Balaban J connectivity index is 0.000000587. The first-order valence-corrected chi connectivity index (χ1v) is 13.6. The highest BCUT2D eigenvalue weighted by Gasteiger charge is 2.35. The Bertz CT molecular complexity index is 1470. The Hall–Kier alpha value is -3.82. The third-order valence-corrected chi connectivity index (χ3v) is 6.96. The summed E-state index contributed by atoms with van der Waals surface area (Å²) >= 11 is 6.51. The van der Waals surface area contributed by atoms with E-state index < -0.39 is 28.3 Å². The molecule has 220 valence electrons. The van der Waals surface area contributed by atoms with Crippen molar-refractivity contribution in [3.8, 4) is 0 Å². The third kappa shape index (κ3) is 9.65. The summed E-state index contributed by atoms with van der Waals surface area (Å²) in [6, 6.07) is 8.17.